The summed E-state index contributed by atoms with van der Waals surface area (Å²) in [4.78, 5) is 4.60. The van der Waals surface area contributed by atoms with Crippen LogP contribution in [0.5, 0.6) is 5.75 Å². The largest absolute Gasteiger partial charge is 0.489 e. The summed E-state index contributed by atoms with van der Waals surface area (Å²) in [7, 11) is 4.28. The minimum absolute atomic E-state index is 0.179. The molecule has 0 radical (unpaired) electrons. The van der Waals surface area contributed by atoms with Gasteiger partial charge in [0, 0.05) is 26.7 Å². The molecule has 1 atom stereocenters. The van der Waals surface area contributed by atoms with Gasteiger partial charge in [-0.2, -0.15) is 0 Å². The predicted octanol–water partition coefficient (Wildman–Crippen LogP) is 1.78. The fourth-order valence-corrected chi connectivity index (χ4v) is 3.09. The molecule has 0 saturated carbocycles. The van der Waals surface area contributed by atoms with Gasteiger partial charge in [-0.25, -0.2) is 0 Å². The molecule has 0 aliphatic carbocycles. The smallest absolute Gasteiger partial charge is 0.143 e. The lowest BCUT2D eigenvalue weighted by Gasteiger charge is -2.32. The molecular weight excluding hydrogens is 252 g/mol. The highest BCUT2D eigenvalue weighted by Gasteiger charge is 2.21. The van der Waals surface area contributed by atoms with Crippen LogP contribution in [0.4, 0.5) is 5.69 Å². The van der Waals surface area contributed by atoms with E-state index in [-0.39, 0.29) is 6.10 Å². The van der Waals surface area contributed by atoms with Gasteiger partial charge < -0.3 is 19.3 Å². The third-order valence-electron chi connectivity index (χ3n) is 4.17. The van der Waals surface area contributed by atoms with Crippen LogP contribution >= 0.6 is 0 Å². The molecule has 110 valence electrons. The summed E-state index contributed by atoms with van der Waals surface area (Å²) < 4.78 is 11.8. The van der Waals surface area contributed by atoms with E-state index >= 15 is 0 Å². The van der Waals surface area contributed by atoms with Crippen molar-refractivity contribution in [2.75, 3.05) is 51.8 Å². The molecule has 1 saturated heterocycles. The van der Waals surface area contributed by atoms with Crippen molar-refractivity contribution in [3.8, 4) is 5.75 Å². The van der Waals surface area contributed by atoms with E-state index in [1.807, 2.05) is 0 Å². The van der Waals surface area contributed by atoms with Gasteiger partial charge in [0.15, 0.2) is 0 Å². The van der Waals surface area contributed by atoms with Gasteiger partial charge in [0.25, 0.3) is 0 Å². The van der Waals surface area contributed by atoms with Crippen molar-refractivity contribution in [1.29, 1.82) is 0 Å². The Morgan fingerprint density at radius 3 is 3.05 bits per heavy atom. The van der Waals surface area contributed by atoms with Gasteiger partial charge in [-0.1, -0.05) is 12.1 Å². The Bertz CT molecular complexity index is 464. The first-order valence-corrected chi connectivity index (χ1v) is 7.50. The van der Waals surface area contributed by atoms with Gasteiger partial charge >= 0.3 is 0 Å². The minimum Gasteiger partial charge on any atom is -0.489 e. The summed E-state index contributed by atoms with van der Waals surface area (Å²) in [6.07, 6.45) is 2.56. The van der Waals surface area contributed by atoms with Gasteiger partial charge in [0.05, 0.1) is 12.3 Å². The maximum Gasteiger partial charge on any atom is 0.143 e. The summed E-state index contributed by atoms with van der Waals surface area (Å²) in [5, 5.41) is 0. The molecule has 0 bridgehead atoms. The van der Waals surface area contributed by atoms with Crippen molar-refractivity contribution in [2.45, 2.75) is 18.9 Å². The first-order valence-electron chi connectivity index (χ1n) is 7.50. The Morgan fingerprint density at radius 2 is 2.20 bits per heavy atom. The fourth-order valence-electron chi connectivity index (χ4n) is 3.09. The van der Waals surface area contributed by atoms with Crippen LogP contribution in [-0.4, -0.2) is 57.9 Å². The molecule has 1 aromatic carbocycles. The molecule has 2 heterocycles. The van der Waals surface area contributed by atoms with Crippen LogP contribution in [0.15, 0.2) is 18.2 Å². The number of ether oxygens (including phenoxy) is 2. The number of hydrogen-bond donors (Lipinski definition) is 0. The molecular formula is C16H24N2O2. The molecule has 20 heavy (non-hydrogen) atoms. The number of para-hydroxylation sites is 1. The summed E-state index contributed by atoms with van der Waals surface area (Å²) in [6.45, 7) is 4.51. The third kappa shape index (κ3) is 2.91. The SMILES string of the molecule is CN1CCO[C@H](COc2cccc3c2N(C)CCC3)C1. The van der Waals surface area contributed by atoms with Gasteiger partial charge in [0.2, 0.25) is 0 Å². The zero-order chi connectivity index (χ0) is 13.9. The molecule has 4 nitrogen and oxygen atoms in total. The van der Waals surface area contributed by atoms with Crippen LogP contribution in [0.3, 0.4) is 0 Å². The number of anilines is 1. The third-order valence-corrected chi connectivity index (χ3v) is 4.17. The lowest BCUT2D eigenvalue weighted by Crippen LogP contribution is -2.42. The Kier molecular flexibility index (Phi) is 4.13. The van der Waals surface area contributed by atoms with Gasteiger partial charge in [-0.15, -0.1) is 0 Å². The quantitative estimate of drug-likeness (QED) is 0.840. The van der Waals surface area contributed by atoms with E-state index in [9.17, 15) is 0 Å². The molecule has 0 spiro atoms. The summed E-state index contributed by atoms with van der Waals surface area (Å²) in [5.74, 6) is 1.00. The fraction of sp³-hybridized carbons (Fsp3) is 0.625. The zero-order valence-corrected chi connectivity index (χ0v) is 12.5. The van der Waals surface area contributed by atoms with Crippen LogP contribution < -0.4 is 9.64 Å². The predicted molar refractivity (Wildman–Crippen MR) is 80.8 cm³/mol. The molecule has 0 amide bonds. The highest BCUT2D eigenvalue weighted by Crippen LogP contribution is 2.35. The lowest BCUT2D eigenvalue weighted by atomic mass is 10.0. The normalized spacial score (nSPS) is 23.5. The highest BCUT2D eigenvalue weighted by molar-refractivity contribution is 5.64. The maximum atomic E-state index is 6.07. The average molecular weight is 276 g/mol. The standard InChI is InChI=1S/C16H24N2O2/c1-17-9-10-19-14(11-17)12-20-15-7-3-5-13-6-4-8-18(2)16(13)15/h3,5,7,14H,4,6,8-12H2,1-2H3/t14-/m0/s1. The first kappa shape index (κ1) is 13.7. The average Bonchev–Trinajstić information content (AvgIpc) is 2.45. The minimum atomic E-state index is 0.179. The Labute approximate surface area is 121 Å². The maximum absolute atomic E-state index is 6.07. The number of nitrogens with zero attached hydrogens (tertiary/aromatic N) is 2. The van der Waals surface area contributed by atoms with E-state index in [1.165, 1.54) is 17.7 Å². The number of fused-ring (bicyclic) bond motifs is 1. The van der Waals surface area contributed by atoms with Gasteiger partial charge in [0.1, 0.15) is 18.5 Å². The molecule has 2 aliphatic heterocycles. The molecule has 1 fully saturated rings. The first-order chi connectivity index (χ1) is 9.74. The van der Waals surface area contributed by atoms with Crippen molar-refractivity contribution >= 4 is 5.69 Å². The highest BCUT2D eigenvalue weighted by atomic mass is 16.5. The number of hydrogen-bond acceptors (Lipinski definition) is 4. The number of likely N-dealkylation sites (N-methyl/N-ethyl adjacent to an activating group) is 1. The molecule has 4 heteroatoms. The monoisotopic (exact) mass is 276 g/mol. The Balaban J connectivity index is 1.68. The van der Waals surface area contributed by atoms with Crippen molar-refractivity contribution in [3.63, 3.8) is 0 Å². The van der Waals surface area contributed by atoms with Crippen molar-refractivity contribution < 1.29 is 9.47 Å². The second kappa shape index (κ2) is 6.02. The number of rotatable bonds is 3. The van der Waals surface area contributed by atoms with E-state index in [0.29, 0.717) is 6.61 Å². The summed E-state index contributed by atoms with van der Waals surface area (Å²) >= 11 is 0. The van der Waals surface area contributed by atoms with Gasteiger partial charge in [-0.05, 0) is 31.5 Å². The van der Waals surface area contributed by atoms with Crippen LogP contribution in [0.1, 0.15) is 12.0 Å². The molecule has 3 rings (SSSR count). The second-order valence-electron chi connectivity index (χ2n) is 5.86. The van der Waals surface area contributed by atoms with Crippen molar-refractivity contribution in [2.24, 2.45) is 0 Å². The van der Waals surface area contributed by atoms with E-state index in [1.54, 1.807) is 0 Å². The van der Waals surface area contributed by atoms with E-state index in [4.69, 9.17) is 9.47 Å². The molecule has 0 N–H and O–H groups in total. The van der Waals surface area contributed by atoms with Crippen LogP contribution in [0.25, 0.3) is 0 Å². The summed E-state index contributed by atoms with van der Waals surface area (Å²) in [6, 6.07) is 6.39. The molecule has 2 aliphatic rings. The molecule has 0 aromatic heterocycles. The topological polar surface area (TPSA) is 24.9 Å². The van der Waals surface area contributed by atoms with Crippen LogP contribution in [-0.2, 0) is 11.2 Å². The Hall–Kier alpha value is -1.26. The van der Waals surface area contributed by atoms with E-state index < -0.39 is 0 Å². The van der Waals surface area contributed by atoms with Gasteiger partial charge in [-0.3, -0.25) is 0 Å². The number of morpholine rings is 1. The van der Waals surface area contributed by atoms with Crippen molar-refractivity contribution in [1.82, 2.24) is 4.90 Å². The van der Waals surface area contributed by atoms with Crippen molar-refractivity contribution in [3.05, 3.63) is 23.8 Å². The Morgan fingerprint density at radius 1 is 1.30 bits per heavy atom. The van der Waals surface area contributed by atoms with E-state index in [2.05, 4.69) is 42.1 Å². The van der Waals surface area contributed by atoms with E-state index in [0.717, 1.165) is 38.4 Å². The number of aryl methyl sites for hydroxylation is 1. The van der Waals surface area contributed by atoms with Crippen LogP contribution in [0, 0.1) is 0 Å². The second-order valence-corrected chi connectivity index (χ2v) is 5.86. The molecule has 1 aromatic rings. The zero-order valence-electron chi connectivity index (χ0n) is 12.5. The lowest BCUT2D eigenvalue weighted by molar-refractivity contribution is -0.0402. The molecule has 0 unspecified atom stereocenters. The van der Waals surface area contributed by atoms with Crippen LogP contribution in [0.2, 0.25) is 0 Å². The summed E-state index contributed by atoms with van der Waals surface area (Å²) in [5.41, 5.74) is 2.67. The number of benzene rings is 1.